The van der Waals surface area contributed by atoms with Crippen molar-refractivity contribution in [3.05, 3.63) is 81.8 Å². The van der Waals surface area contributed by atoms with Crippen LogP contribution in [0.5, 0.6) is 0 Å². The molecule has 28 heavy (non-hydrogen) atoms. The van der Waals surface area contributed by atoms with Gasteiger partial charge in [0.25, 0.3) is 5.91 Å². The third-order valence-corrected chi connectivity index (χ3v) is 5.22. The Morgan fingerprint density at radius 3 is 2.54 bits per heavy atom. The minimum atomic E-state index is -0.244. The number of benzene rings is 2. The number of halogens is 1. The maximum atomic E-state index is 12.2. The Kier molecular flexibility index (Phi) is 6.79. The van der Waals surface area contributed by atoms with E-state index in [4.69, 9.17) is 11.6 Å². The first-order chi connectivity index (χ1) is 13.5. The van der Waals surface area contributed by atoms with E-state index in [0.29, 0.717) is 28.6 Å². The number of carbonyl (C=O) groups excluding carboxylic acids is 2. The van der Waals surface area contributed by atoms with E-state index in [1.54, 1.807) is 24.3 Å². The van der Waals surface area contributed by atoms with Gasteiger partial charge in [0.2, 0.25) is 5.91 Å². The molecule has 2 aromatic carbocycles. The zero-order valence-corrected chi connectivity index (χ0v) is 16.9. The first-order valence-corrected chi connectivity index (χ1v) is 10.1. The van der Waals surface area contributed by atoms with Crippen LogP contribution in [0.15, 0.2) is 60.0 Å². The molecule has 3 rings (SSSR count). The maximum absolute atomic E-state index is 12.2. The summed E-state index contributed by atoms with van der Waals surface area (Å²) >= 11 is 7.17. The third kappa shape index (κ3) is 5.65. The number of aromatic nitrogens is 1. The minimum Gasteiger partial charge on any atom is -0.350 e. The van der Waals surface area contributed by atoms with Gasteiger partial charge in [-0.3, -0.25) is 14.9 Å². The summed E-state index contributed by atoms with van der Waals surface area (Å²) in [5.41, 5.74) is 2.35. The van der Waals surface area contributed by atoms with Crippen LogP contribution in [0.4, 0.5) is 5.13 Å². The summed E-state index contributed by atoms with van der Waals surface area (Å²) in [7, 11) is 0. The normalized spacial score (nSPS) is 11.6. The molecule has 0 radical (unpaired) electrons. The summed E-state index contributed by atoms with van der Waals surface area (Å²) < 4.78 is 0. The first-order valence-electron chi connectivity index (χ1n) is 8.87. The topological polar surface area (TPSA) is 71.1 Å². The van der Waals surface area contributed by atoms with E-state index in [1.807, 2.05) is 42.6 Å². The number of hydrogen-bond donors (Lipinski definition) is 2. The lowest BCUT2D eigenvalue weighted by atomic mass is 10.1. The van der Waals surface area contributed by atoms with E-state index in [1.165, 1.54) is 11.3 Å². The van der Waals surface area contributed by atoms with Gasteiger partial charge in [0.05, 0.1) is 11.7 Å². The van der Waals surface area contributed by atoms with Crippen LogP contribution >= 0.6 is 22.9 Å². The van der Waals surface area contributed by atoms with Gasteiger partial charge in [-0.2, -0.15) is 0 Å². The molecule has 0 aliphatic carbocycles. The predicted molar refractivity (Wildman–Crippen MR) is 113 cm³/mol. The minimum absolute atomic E-state index is 0.0314. The third-order valence-electron chi connectivity index (χ3n) is 4.16. The van der Waals surface area contributed by atoms with Crippen LogP contribution in [0.1, 0.15) is 41.0 Å². The van der Waals surface area contributed by atoms with Gasteiger partial charge < -0.3 is 5.32 Å². The lowest BCUT2D eigenvalue weighted by Gasteiger charge is -2.13. The van der Waals surface area contributed by atoms with Crippen LogP contribution in [-0.4, -0.2) is 16.8 Å². The van der Waals surface area contributed by atoms with E-state index in [9.17, 15) is 9.59 Å². The molecular formula is C21H20ClN3O2S. The Morgan fingerprint density at radius 1 is 1.11 bits per heavy atom. The number of rotatable bonds is 7. The highest BCUT2D eigenvalue weighted by atomic mass is 35.5. The molecule has 144 valence electrons. The molecule has 1 unspecified atom stereocenters. The van der Waals surface area contributed by atoms with Gasteiger partial charge in [-0.15, -0.1) is 11.3 Å². The fraction of sp³-hybridized carbons (Fsp3) is 0.190. The SMILES string of the molecule is CC(NC(=O)CCc1csc(NC(=O)c2ccc(Cl)cc2)n1)c1ccccc1. The molecule has 0 spiro atoms. The number of nitrogens with zero attached hydrogens (tertiary/aromatic N) is 1. The van der Waals surface area contributed by atoms with Gasteiger partial charge in [0.15, 0.2) is 5.13 Å². The number of anilines is 1. The van der Waals surface area contributed by atoms with Crippen LogP contribution in [0, 0.1) is 0 Å². The average molecular weight is 414 g/mol. The molecule has 3 aromatic rings. The van der Waals surface area contributed by atoms with Gasteiger partial charge >= 0.3 is 0 Å². The van der Waals surface area contributed by atoms with Crippen molar-refractivity contribution in [2.75, 3.05) is 5.32 Å². The molecule has 0 bridgehead atoms. The van der Waals surface area contributed by atoms with Crippen LogP contribution in [0.25, 0.3) is 0 Å². The van der Waals surface area contributed by atoms with Crippen molar-refractivity contribution in [1.82, 2.24) is 10.3 Å². The molecule has 1 heterocycles. The van der Waals surface area contributed by atoms with Crippen LogP contribution in [0.3, 0.4) is 0 Å². The van der Waals surface area contributed by atoms with Gasteiger partial charge in [-0.05, 0) is 43.2 Å². The lowest BCUT2D eigenvalue weighted by Crippen LogP contribution is -2.26. The fourth-order valence-electron chi connectivity index (χ4n) is 2.63. The maximum Gasteiger partial charge on any atom is 0.257 e. The molecule has 0 saturated carbocycles. The molecule has 0 saturated heterocycles. The molecule has 0 aliphatic rings. The van der Waals surface area contributed by atoms with E-state index < -0.39 is 0 Å². The molecule has 2 N–H and O–H groups in total. The van der Waals surface area contributed by atoms with Crippen molar-refractivity contribution >= 4 is 39.9 Å². The standard InChI is InChI=1S/C21H20ClN3O2S/c1-14(15-5-3-2-4-6-15)23-19(26)12-11-18-13-28-21(24-18)25-20(27)16-7-9-17(22)10-8-16/h2-10,13-14H,11-12H2,1H3,(H,23,26)(H,24,25,27). The number of nitrogens with one attached hydrogen (secondary N) is 2. The summed E-state index contributed by atoms with van der Waals surface area (Å²) in [6.07, 6.45) is 0.853. The highest BCUT2D eigenvalue weighted by Gasteiger charge is 2.12. The number of carbonyl (C=O) groups is 2. The van der Waals surface area contributed by atoms with Crippen LogP contribution in [-0.2, 0) is 11.2 Å². The second-order valence-corrected chi connectivity index (χ2v) is 7.60. The highest BCUT2D eigenvalue weighted by Crippen LogP contribution is 2.19. The summed E-state index contributed by atoms with van der Waals surface area (Å²) in [6.45, 7) is 1.96. The Labute approximate surface area is 172 Å². The Bertz CT molecular complexity index is 942. The van der Waals surface area contributed by atoms with E-state index in [0.717, 1.165) is 11.3 Å². The molecule has 0 fully saturated rings. The summed E-state index contributed by atoms with van der Waals surface area (Å²) in [5, 5.41) is 8.69. The monoisotopic (exact) mass is 413 g/mol. The molecule has 0 aliphatic heterocycles. The number of thiazole rings is 1. The first kappa shape index (κ1) is 20.0. The van der Waals surface area contributed by atoms with Crippen molar-refractivity contribution in [3.8, 4) is 0 Å². The fourth-order valence-corrected chi connectivity index (χ4v) is 3.50. The van der Waals surface area contributed by atoms with E-state index in [2.05, 4.69) is 15.6 Å². The van der Waals surface area contributed by atoms with Crippen molar-refractivity contribution in [2.45, 2.75) is 25.8 Å². The summed E-state index contributed by atoms with van der Waals surface area (Å²) in [6, 6.07) is 16.4. The van der Waals surface area contributed by atoms with Crippen molar-refractivity contribution in [1.29, 1.82) is 0 Å². The second kappa shape index (κ2) is 9.48. The quantitative estimate of drug-likeness (QED) is 0.581. The molecule has 1 atom stereocenters. The molecule has 2 amide bonds. The van der Waals surface area contributed by atoms with E-state index >= 15 is 0 Å². The number of hydrogen-bond acceptors (Lipinski definition) is 4. The Morgan fingerprint density at radius 2 is 1.82 bits per heavy atom. The van der Waals surface area contributed by atoms with Gasteiger partial charge in [0, 0.05) is 22.4 Å². The van der Waals surface area contributed by atoms with Crippen molar-refractivity contribution in [2.24, 2.45) is 0 Å². The van der Waals surface area contributed by atoms with Gasteiger partial charge in [-0.25, -0.2) is 4.98 Å². The van der Waals surface area contributed by atoms with E-state index in [-0.39, 0.29) is 17.9 Å². The molecular weight excluding hydrogens is 394 g/mol. The number of aryl methyl sites for hydroxylation is 1. The largest absolute Gasteiger partial charge is 0.350 e. The Hall–Kier alpha value is -2.70. The lowest BCUT2D eigenvalue weighted by molar-refractivity contribution is -0.121. The Balaban J connectivity index is 1.48. The number of amides is 2. The zero-order chi connectivity index (χ0) is 19.9. The van der Waals surface area contributed by atoms with Gasteiger partial charge in [-0.1, -0.05) is 41.9 Å². The zero-order valence-electron chi connectivity index (χ0n) is 15.3. The van der Waals surface area contributed by atoms with Crippen molar-refractivity contribution < 1.29 is 9.59 Å². The van der Waals surface area contributed by atoms with Crippen molar-refractivity contribution in [3.63, 3.8) is 0 Å². The van der Waals surface area contributed by atoms with Crippen LogP contribution < -0.4 is 10.6 Å². The molecule has 5 nitrogen and oxygen atoms in total. The average Bonchev–Trinajstić information content (AvgIpc) is 3.15. The highest BCUT2D eigenvalue weighted by molar-refractivity contribution is 7.14. The van der Waals surface area contributed by atoms with Gasteiger partial charge in [0.1, 0.15) is 0 Å². The summed E-state index contributed by atoms with van der Waals surface area (Å²) in [5.74, 6) is -0.275. The molecule has 7 heteroatoms. The predicted octanol–water partition coefficient (Wildman–Crippen LogP) is 4.86. The summed E-state index contributed by atoms with van der Waals surface area (Å²) in [4.78, 5) is 28.8. The van der Waals surface area contributed by atoms with Crippen LogP contribution in [0.2, 0.25) is 5.02 Å². The molecule has 1 aromatic heterocycles. The smallest absolute Gasteiger partial charge is 0.257 e. The second-order valence-electron chi connectivity index (χ2n) is 6.30.